The Labute approximate surface area is 242 Å². The zero-order valence-corrected chi connectivity index (χ0v) is 23.3. The largest absolute Gasteiger partial charge is 0.462 e. The molecule has 0 bridgehead atoms. The van der Waals surface area contributed by atoms with Crippen molar-refractivity contribution in [1.82, 2.24) is 14.5 Å². The van der Waals surface area contributed by atoms with E-state index in [4.69, 9.17) is 14.7 Å². The van der Waals surface area contributed by atoms with Gasteiger partial charge in [0.1, 0.15) is 0 Å². The Morgan fingerprint density at radius 2 is 1.60 bits per heavy atom. The fourth-order valence-electron chi connectivity index (χ4n) is 5.18. The summed E-state index contributed by atoms with van der Waals surface area (Å²) in [7, 11) is 0. The maximum Gasteiger partial charge on any atom is 0.338 e. The Hall–Kier alpha value is -5.31. The van der Waals surface area contributed by atoms with Gasteiger partial charge in [-0.1, -0.05) is 24.3 Å². The van der Waals surface area contributed by atoms with Crippen molar-refractivity contribution >= 4 is 34.5 Å². The highest BCUT2D eigenvalue weighted by Gasteiger charge is 2.21. The number of ether oxygens (including phenoxy) is 1. The number of hydrogen-bond acceptors (Lipinski definition) is 7. The number of rotatable bonds is 6. The predicted octanol–water partition coefficient (Wildman–Crippen LogP) is 5.08. The molecule has 3 heterocycles. The highest BCUT2D eigenvalue weighted by Crippen LogP contribution is 2.25. The summed E-state index contributed by atoms with van der Waals surface area (Å²) >= 11 is 0. The van der Waals surface area contributed by atoms with Gasteiger partial charge in [-0.3, -0.25) is 14.2 Å². The molecule has 1 aliphatic rings. The lowest BCUT2D eigenvalue weighted by Gasteiger charge is -2.29. The van der Waals surface area contributed by atoms with E-state index in [1.54, 1.807) is 66.1 Å². The number of hydrogen-bond donors (Lipinski definition) is 1. The molecule has 1 aliphatic heterocycles. The molecule has 9 nitrogen and oxygen atoms in total. The zero-order chi connectivity index (χ0) is 29.2. The molecule has 0 unspecified atom stereocenters. The highest BCUT2D eigenvalue weighted by atomic mass is 16.5. The van der Waals surface area contributed by atoms with Crippen LogP contribution in [0.25, 0.3) is 16.7 Å². The highest BCUT2D eigenvalue weighted by molar-refractivity contribution is 6.04. The van der Waals surface area contributed by atoms with E-state index in [0.29, 0.717) is 47.2 Å². The molecule has 0 saturated heterocycles. The van der Waals surface area contributed by atoms with E-state index in [1.165, 1.54) is 17.2 Å². The van der Waals surface area contributed by atoms with Crippen molar-refractivity contribution in [2.24, 2.45) is 0 Å². The molecule has 0 atom stereocenters. The summed E-state index contributed by atoms with van der Waals surface area (Å²) in [5.74, 6) is -0.149. The van der Waals surface area contributed by atoms with E-state index in [-0.39, 0.29) is 11.5 Å². The first-order valence-electron chi connectivity index (χ1n) is 13.8. The normalized spacial score (nSPS) is 12.6. The number of aromatic nitrogens is 3. The summed E-state index contributed by atoms with van der Waals surface area (Å²) in [4.78, 5) is 49.7. The van der Waals surface area contributed by atoms with Crippen LogP contribution in [0.4, 0.5) is 11.6 Å². The first-order valence-corrected chi connectivity index (χ1v) is 13.8. The average Bonchev–Trinajstić information content (AvgIpc) is 3.01. The Kier molecular flexibility index (Phi) is 7.23. The number of esters is 1. The molecule has 5 aromatic rings. The van der Waals surface area contributed by atoms with Crippen LogP contribution in [0.2, 0.25) is 0 Å². The van der Waals surface area contributed by atoms with Gasteiger partial charge < -0.3 is 15.0 Å². The van der Waals surface area contributed by atoms with Crippen molar-refractivity contribution in [2.75, 3.05) is 23.4 Å². The summed E-state index contributed by atoms with van der Waals surface area (Å²) < 4.78 is 6.55. The third-order valence-electron chi connectivity index (χ3n) is 7.38. The maximum absolute atomic E-state index is 13.1. The van der Waals surface area contributed by atoms with Gasteiger partial charge in [0.2, 0.25) is 5.95 Å². The molecule has 1 amide bonds. The molecular weight excluding hydrogens is 530 g/mol. The third kappa shape index (κ3) is 5.24. The second-order valence-electron chi connectivity index (χ2n) is 10.1. The van der Waals surface area contributed by atoms with Gasteiger partial charge in [-0.2, -0.15) is 4.98 Å². The first-order chi connectivity index (χ1) is 20.4. The number of nitrogens with zero attached hydrogens (tertiary/aromatic N) is 4. The van der Waals surface area contributed by atoms with Gasteiger partial charge in [0.15, 0.2) is 5.65 Å². The van der Waals surface area contributed by atoms with Crippen LogP contribution in [0.3, 0.4) is 0 Å². The number of nitrogens with one attached hydrogen (secondary N) is 1. The summed E-state index contributed by atoms with van der Waals surface area (Å²) in [6.07, 6.45) is 0.900. The van der Waals surface area contributed by atoms with Crippen LogP contribution in [0, 0.1) is 6.92 Å². The standard InChI is InChI=1S/C33H29N5O4/c1-3-42-32(41)24-8-12-26(13-9-24)35-31(40)23-10-14-27(15-11-23)38-29(39)17-16-28-21(2)34-33(36-30(28)38)37-19-18-22-6-4-5-7-25(22)20-37/h4-17H,3,18-20H2,1-2H3,(H,35,40). The van der Waals surface area contributed by atoms with E-state index in [2.05, 4.69) is 28.4 Å². The first kappa shape index (κ1) is 26.9. The number of aryl methyl sites for hydroxylation is 1. The Morgan fingerprint density at radius 1 is 0.881 bits per heavy atom. The fourth-order valence-corrected chi connectivity index (χ4v) is 5.18. The molecule has 6 rings (SSSR count). The lowest BCUT2D eigenvalue weighted by molar-refractivity contribution is 0.0526. The van der Waals surface area contributed by atoms with Crippen molar-refractivity contribution in [2.45, 2.75) is 26.8 Å². The SMILES string of the molecule is CCOC(=O)c1ccc(NC(=O)c2ccc(-n3c(=O)ccc4c(C)nc(N5CCc6ccccc6C5)nc43)cc2)cc1. The van der Waals surface area contributed by atoms with E-state index in [9.17, 15) is 14.4 Å². The van der Waals surface area contributed by atoms with Gasteiger partial charge in [0.05, 0.1) is 23.6 Å². The minimum absolute atomic E-state index is 0.227. The van der Waals surface area contributed by atoms with E-state index in [0.717, 1.165) is 24.0 Å². The molecule has 0 saturated carbocycles. The van der Waals surface area contributed by atoms with Gasteiger partial charge in [-0.15, -0.1) is 0 Å². The molecule has 42 heavy (non-hydrogen) atoms. The van der Waals surface area contributed by atoms with Crippen LogP contribution >= 0.6 is 0 Å². The quantitative estimate of drug-likeness (QED) is 0.289. The van der Waals surface area contributed by atoms with Crippen LogP contribution < -0.4 is 15.8 Å². The summed E-state index contributed by atoms with van der Waals surface area (Å²) in [6.45, 7) is 5.45. The van der Waals surface area contributed by atoms with Gasteiger partial charge in [0.25, 0.3) is 11.5 Å². The lowest BCUT2D eigenvalue weighted by atomic mass is 10.0. The van der Waals surface area contributed by atoms with Gasteiger partial charge in [-0.05, 0) is 86.0 Å². The maximum atomic E-state index is 13.1. The van der Waals surface area contributed by atoms with Gasteiger partial charge in [0, 0.05) is 35.8 Å². The molecule has 0 fully saturated rings. The third-order valence-corrected chi connectivity index (χ3v) is 7.38. The van der Waals surface area contributed by atoms with Crippen molar-refractivity contribution in [3.63, 3.8) is 0 Å². The number of fused-ring (bicyclic) bond motifs is 2. The summed E-state index contributed by atoms with van der Waals surface area (Å²) in [6, 6.07) is 24.9. The fraction of sp³-hybridized carbons (Fsp3) is 0.182. The van der Waals surface area contributed by atoms with Crippen LogP contribution in [-0.2, 0) is 17.7 Å². The molecule has 0 spiro atoms. The number of benzene rings is 3. The van der Waals surface area contributed by atoms with E-state index < -0.39 is 5.97 Å². The molecule has 1 N–H and O–H groups in total. The van der Waals surface area contributed by atoms with Crippen molar-refractivity contribution in [1.29, 1.82) is 0 Å². The number of carbonyl (C=O) groups is 2. The number of carbonyl (C=O) groups excluding carboxylic acids is 2. The smallest absolute Gasteiger partial charge is 0.338 e. The predicted molar refractivity (Wildman–Crippen MR) is 161 cm³/mol. The van der Waals surface area contributed by atoms with Gasteiger partial charge >= 0.3 is 5.97 Å². The van der Waals surface area contributed by atoms with E-state index >= 15 is 0 Å². The number of pyridine rings is 1. The van der Waals surface area contributed by atoms with Crippen molar-refractivity contribution in [3.8, 4) is 5.69 Å². The van der Waals surface area contributed by atoms with Gasteiger partial charge in [-0.25, -0.2) is 9.78 Å². The van der Waals surface area contributed by atoms with E-state index in [1.807, 2.05) is 13.0 Å². The second kappa shape index (κ2) is 11.3. The Morgan fingerprint density at radius 3 is 2.33 bits per heavy atom. The minimum atomic E-state index is -0.413. The minimum Gasteiger partial charge on any atom is -0.462 e. The monoisotopic (exact) mass is 559 g/mol. The molecule has 0 radical (unpaired) electrons. The number of anilines is 2. The molecule has 9 heteroatoms. The molecule has 0 aliphatic carbocycles. The second-order valence-corrected chi connectivity index (χ2v) is 10.1. The van der Waals surface area contributed by atoms with Crippen LogP contribution in [-0.4, -0.2) is 39.6 Å². The molecule has 2 aromatic heterocycles. The Bertz CT molecular complexity index is 1860. The average molecular weight is 560 g/mol. The number of amides is 1. The molecular formula is C33H29N5O4. The van der Waals surface area contributed by atoms with Crippen molar-refractivity contribution < 1.29 is 14.3 Å². The van der Waals surface area contributed by atoms with Crippen LogP contribution in [0.1, 0.15) is 44.5 Å². The van der Waals surface area contributed by atoms with Crippen LogP contribution in [0.15, 0.2) is 89.7 Å². The Balaban J connectivity index is 1.27. The summed E-state index contributed by atoms with van der Waals surface area (Å²) in [5, 5.41) is 3.61. The molecule has 3 aromatic carbocycles. The molecule has 210 valence electrons. The zero-order valence-electron chi connectivity index (χ0n) is 23.3. The topological polar surface area (TPSA) is 106 Å². The lowest BCUT2D eigenvalue weighted by Crippen LogP contribution is -2.32. The summed E-state index contributed by atoms with van der Waals surface area (Å²) in [5.41, 5.74) is 5.62. The van der Waals surface area contributed by atoms with Crippen LogP contribution in [0.5, 0.6) is 0 Å². The van der Waals surface area contributed by atoms with Crippen molar-refractivity contribution in [3.05, 3.63) is 123 Å².